The second kappa shape index (κ2) is 7.98. The number of rotatable bonds is 7. The van der Waals surface area contributed by atoms with Gasteiger partial charge in [0.25, 0.3) is 11.6 Å². The molecule has 9 heteroatoms. The number of carbonyl (C=O) groups is 1. The molecule has 1 amide bonds. The van der Waals surface area contributed by atoms with Crippen LogP contribution in [0.5, 0.6) is 11.5 Å². The van der Waals surface area contributed by atoms with Gasteiger partial charge in [0.15, 0.2) is 11.5 Å². The maximum atomic E-state index is 12.4. The van der Waals surface area contributed by atoms with Gasteiger partial charge in [0.1, 0.15) is 5.56 Å². The first-order chi connectivity index (χ1) is 10.5. The number of nitrogens with zero attached hydrogens (tertiary/aromatic N) is 1. The first-order valence-corrected chi connectivity index (χ1v) is 6.93. The molecule has 128 valence electrons. The lowest BCUT2D eigenvalue weighted by Gasteiger charge is -2.16. The van der Waals surface area contributed by atoms with Gasteiger partial charge in [-0.3, -0.25) is 14.9 Å². The molecular formula is C14H20ClN3O5. The molecule has 1 atom stereocenters. The quantitative estimate of drug-likeness (QED) is 0.571. The Kier molecular flexibility index (Phi) is 6.59. The zero-order valence-electron chi connectivity index (χ0n) is 12.9. The van der Waals surface area contributed by atoms with Crippen LogP contribution in [0, 0.1) is 16.0 Å². The highest BCUT2D eigenvalue weighted by atomic mass is 35.5. The normalized spacial score (nSPS) is 14.4. The molecule has 0 bridgehead atoms. The minimum absolute atomic E-state index is 0. The van der Waals surface area contributed by atoms with Crippen molar-refractivity contribution in [3.8, 4) is 11.5 Å². The van der Waals surface area contributed by atoms with Crippen molar-refractivity contribution in [1.29, 1.82) is 0 Å². The van der Waals surface area contributed by atoms with Crippen LogP contribution in [0.3, 0.4) is 0 Å². The lowest BCUT2D eigenvalue weighted by Crippen LogP contribution is -2.41. The Morgan fingerprint density at radius 1 is 1.39 bits per heavy atom. The van der Waals surface area contributed by atoms with Crippen LogP contribution in [0.1, 0.15) is 23.2 Å². The molecule has 0 heterocycles. The summed E-state index contributed by atoms with van der Waals surface area (Å²) in [5.41, 5.74) is 5.25. The molecule has 0 aromatic heterocycles. The number of methoxy groups -OCH3 is 2. The van der Waals surface area contributed by atoms with Gasteiger partial charge in [0, 0.05) is 18.7 Å². The molecule has 1 unspecified atom stereocenters. The number of ether oxygens (including phenoxy) is 2. The topological polar surface area (TPSA) is 117 Å². The second-order valence-electron chi connectivity index (χ2n) is 5.13. The molecule has 0 spiro atoms. The van der Waals surface area contributed by atoms with E-state index in [1.807, 2.05) is 0 Å². The third-order valence-electron chi connectivity index (χ3n) is 3.70. The number of amides is 1. The number of nitro groups is 1. The van der Waals surface area contributed by atoms with Gasteiger partial charge in [-0.05, 0) is 18.8 Å². The molecule has 0 saturated heterocycles. The Balaban J connectivity index is 0.00000264. The molecule has 1 fully saturated rings. The Bertz CT molecular complexity index is 592. The van der Waals surface area contributed by atoms with E-state index in [1.54, 1.807) is 0 Å². The maximum Gasteiger partial charge on any atom is 0.286 e. The highest BCUT2D eigenvalue weighted by molar-refractivity contribution is 5.99. The number of hydrogen-bond acceptors (Lipinski definition) is 6. The van der Waals surface area contributed by atoms with Crippen LogP contribution in [0.25, 0.3) is 0 Å². The van der Waals surface area contributed by atoms with E-state index >= 15 is 0 Å². The van der Waals surface area contributed by atoms with Gasteiger partial charge in [-0.15, -0.1) is 12.4 Å². The molecule has 1 aromatic carbocycles. The number of nitro benzene ring substituents is 1. The summed E-state index contributed by atoms with van der Waals surface area (Å²) in [6.45, 7) is 0.303. The van der Waals surface area contributed by atoms with E-state index in [-0.39, 0.29) is 41.2 Å². The molecule has 1 aromatic rings. The predicted octanol–water partition coefficient (Wildman–Crippen LogP) is 1.50. The van der Waals surface area contributed by atoms with Crippen LogP contribution in [-0.4, -0.2) is 37.6 Å². The third kappa shape index (κ3) is 4.23. The molecule has 1 saturated carbocycles. The van der Waals surface area contributed by atoms with Crippen molar-refractivity contribution in [3.63, 3.8) is 0 Å². The highest BCUT2D eigenvalue weighted by Gasteiger charge is 2.33. The molecular weight excluding hydrogens is 326 g/mol. The van der Waals surface area contributed by atoms with Gasteiger partial charge in [-0.1, -0.05) is 0 Å². The van der Waals surface area contributed by atoms with Crippen molar-refractivity contribution in [1.82, 2.24) is 5.32 Å². The average Bonchev–Trinajstić information content (AvgIpc) is 3.35. The number of nitrogens with two attached hydrogens (primary N) is 1. The van der Waals surface area contributed by atoms with Crippen molar-refractivity contribution in [3.05, 3.63) is 27.8 Å². The summed E-state index contributed by atoms with van der Waals surface area (Å²) in [7, 11) is 2.77. The van der Waals surface area contributed by atoms with Crippen LogP contribution in [0.2, 0.25) is 0 Å². The smallest absolute Gasteiger partial charge is 0.286 e. The predicted molar refractivity (Wildman–Crippen MR) is 86.5 cm³/mol. The third-order valence-corrected chi connectivity index (χ3v) is 3.70. The number of nitrogens with one attached hydrogen (secondary N) is 1. The van der Waals surface area contributed by atoms with Crippen LogP contribution in [-0.2, 0) is 0 Å². The van der Waals surface area contributed by atoms with Crippen LogP contribution in [0.4, 0.5) is 5.69 Å². The van der Waals surface area contributed by atoms with Gasteiger partial charge in [-0.25, -0.2) is 0 Å². The van der Waals surface area contributed by atoms with Crippen LogP contribution < -0.4 is 20.5 Å². The first-order valence-electron chi connectivity index (χ1n) is 6.93. The summed E-state index contributed by atoms with van der Waals surface area (Å²) in [5, 5.41) is 14.0. The molecule has 1 aliphatic carbocycles. The Morgan fingerprint density at radius 3 is 2.39 bits per heavy atom. The minimum atomic E-state index is -0.620. The monoisotopic (exact) mass is 345 g/mol. The zero-order valence-corrected chi connectivity index (χ0v) is 13.7. The molecule has 23 heavy (non-hydrogen) atoms. The Hall–Kier alpha value is -2.06. The van der Waals surface area contributed by atoms with Gasteiger partial charge in [-0.2, -0.15) is 0 Å². The largest absolute Gasteiger partial charge is 0.493 e. The van der Waals surface area contributed by atoms with E-state index in [4.69, 9.17) is 15.2 Å². The van der Waals surface area contributed by atoms with Gasteiger partial charge >= 0.3 is 0 Å². The summed E-state index contributed by atoms with van der Waals surface area (Å²) in [5.74, 6) is 0.278. The van der Waals surface area contributed by atoms with E-state index < -0.39 is 10.8 Å². The van der Waals surface area contributed by atoms with Crippen molar-refractivity contribution in [2.45, 2.75) is 18.9 Å². The summed E-state index contributed by atoms with van der Waals surface area (Å²) < 4.78 is 10.1. The minimum Gasteiger partial charge on any atom is -0.493 e. The van der Waals surface area contributed by atoms with Crippen molar-refractivity contribution < 1.29 is 19.2 Å². The standard InChI is InChI=1S/C14H19N3O5.ClH/c1-21-12-5-9(11(17(19)20)6-13(12)22-2)14(18)16-10(7-15)8-3-4-8;/h5-6,8,10H,3-4,7,15H2,1-2H3,(H,16,18);1H. The lowest BCUT2D eigenvalue weighted by atomic mass is 10.1. The molecule has 0 radical (unpaired) electrons. The average molecular weight is 346 g/mol. The lowest BCUT2D eigenvalue weighted by molar-refractivity contribution is -0.385. The zero-order chi connectivity index (χ0) is 16.3. The maximum absolute atomic E-state index is 12.4. The number of carbonyl (C=O) groups excluding carboxylic acids is 1. The van der Waals surface area contributed by atoms with Crippen molar-refractivity contribution in [2.24, 2.45) is 11.7 Å². The fourth-order valence-corrected chi connectivity index (χ4v) is 2.32. The van der Waals surface area contributed by atoms with Crippen molar-refractivity contribution >= 4 is 24.0 Å². The van der Waals surface area contributed by atoms with Gasteiger partial charge in [0.2, 0.25) is 0 Å². The highest BCUT2D eigenvalue weighted by Crippen LogP contribution is 2.35. The number of halogens is 1. The Morgan fingerprint density at radius 2 is 1.96 bits per heavy atom. The summed E-state index contributed by atoms with van der Waals surface area (Å²) >= 11 is 0. The van der Waals surface area contributed by atoms with E-state index in [2.05, 4.69) is 5.32 Å². The molecule has 8 nitrogen and oxygen atoms in total. The summed E-state index contributed by atoms with van der Waals surface area (Å²) in [4.78, 5) is 23.0. The summed E-state index contributed by atoms with van der Waals surface area (Å²) in [6.07, 6.45) is 2.02. The Labute approximate surface area is 139 Å². The van der Waals surface area contributed by atoms with Gasteiger partial charge < -0.3 is 20.5 Å². The molecule has 0 aliphatic heterocycles. The SMILES string of the molecule is COc1cc(C(=O)NC(CN)C2CC2)c([N+](=O)[O-])cc1OC.Cl. The number of benzene rings is 1. The van der Waals surface area contributed by atoms with Gasteiger partial charge in [0.05, 0.1) is 25.2 Å². The first kappa shape index (κ1) is 19.0. The van der Waals surface area contributed by atoms with E-state index in [1.165, 1.54) is 26.4 Å². The van der Waals surface area contributed by atoms with Crippen molar-refractivity contribution in [2.75, 3.05) is 20.8 Å². The van der Waals surface area contributed by atoms with E-state index in [9.17, 15) is 14.9 Å². The second-order valence-corrected chi connectivity index (χ2v) is 5.13. The molecule has 3 N–H and O–H groups in total. The van der Waals surface area contributed by atoms with Crippen LogP contribution in [0.15, 0.2) is 12.1 Å². The van der Waals surface area contributed by atoms with Crippen LogP contribution >= 0.6 is 12.4 Å². The molecule has 1 aliphatic rings. The fourth-order valence-electron chi connectivity index (χ4n) is 2.32. The van der Waals surface area contributed by atoms with E-state index in [0.29, 0.717) is 12.5 Å². The van der Waals surface area contributed by atoms with E-state index in [0.717, 1.165) is 12.8 Å². The number of hydrogen-bond donors (Lipinski definition) is 2. The molecule has 2 rings (SSSR count). The fraction of sp³-hybridized carbons (Fsp3) is 0.500. The summed E-state index contributed by atoms with van der Waals surface area (Å²) in [6, 6.07) is 2.33.